The molecule has 0 saturated carbocycles. The first-order valence-corrected chi connectivity index (χ1v) is 10.8. The number of sulfonamides is 1. The summed E-state index contributed by atoms with van der Waals surface area (Å²) >= 11 is 0. The van der Waals surface area contributed by atoms with Crippen LogP contribution in [0.15, 0.2) is 47.4 Å². The molecule has 158 valence electrons. The third kappa shape index (κ3) is 4.24. The number of amides is 1. The van der Waals surface area contributed by atoms with E-state index < -0.39 is 28.5 Å². The van der Waals surface area contributed by atoms with Crippen LogP contribution in [0.5, 0.6) is 11.5 Å². The van der Waals surface area contributed by atoms with Crippen molar-refractivity contribution in [3.05, 3.63) is 48.0 Å². The number of ether oxygens (including phenoxy) is 3. The van der Waals surface area contributed by atoms with Crippen molar-refractivity contribution in [2.75, 3.05) is 31.8 Å². The van der Waals surface area contributed by atoms with Crippen LogP contribution < -0.4 is 14.8 Å². The summed E-state index contributed by atoms with van der Waals surface area (Å²) in [6, 6.07) is 10.5. The third-order valence-corrected chi connectivity index (χ3v) is 6.66. The number of carbonyl (C=O) groups is 2. The van der Waals surface area contributed by atoms with Crippen molar-refractivity contribution < 1.29 is 32.2 Å². The molecule has 4 rings (SSSR count). The number of nitrogens with one attached hydrogen (secondary N) is 1. The molecule has 0 unspecified atom stereocenters. The van der Waals surface area contributed by atoms with Gasteiger partial charge in [-0.15, -0.1) is 0 Å². The number of fused-ring (bicyclic) bond motifs is 1. The molecular formula is C20H20N2O7S. The van der Waals surface area contributed by atoms with Crippen molar-refractivity contribution in [2.24, 2.45) is 0 Å². The molecule has 2 aromatic carbocycles. The van der Waals surface area contributed by atoms with Gasteiger partial charge in [0.2, 0.25) is 16.8 Å². The molecule has 2 aliphatic heterocycles. The summed E-state index contributed by atoms with van der Waals surface area (Å²) in [7, 11) is -3.65. The Morgan fingerprint density at radius 1 is 1.03 bits per heavy atom. The predicted molar refractivity (Wildman–Crippen MR) is 106 cm³/mol. The Bertz CT molecular complexity index is 1080. The van der Waals surface area contributed by atoms with Crippen LogP contribution in [0.3, 0.4) is 0 Å². The maximum atomic E-state index is 12.6. The summed E-state index contributed by atoms with van der Waals surface area (Å²) in [5, 5.41) is 2.60. The highest BCUT2D eigenvalue weighted by atomic mass is 32.2. The Kier molecular flexibility index (Phi) is 5.60. The lowest BCUT2D eigenvalue weighted by Crippen LogP contribution is -2.28. The number of esters is 1. The molecule has 1 saturated heterocycles. The molecule has 2 heterocycles. The number of anilines is 1. The molecule has 0 aromatic heterocycles. The summed E-state index contributed by atoms with van der Waals surface area (Å²) in [6.45, 7) is 0.543. The van der Waals surface area contributed by atoms with Crippen LogP contribution in [0.4, 0.5) is 5.69 Å². The maximum absolute atomic E-state index is 12.6. The van der Waals surface area contributed by atoms with E-state index >= 15 is 0 Å². The van der Waals surface area contributed by atoms with Crippen molar-refractivity contribution in [1.29, 1.82) is 0 Å². The van der Waals surface area contributed by atoms with E-state index in [2.05, 4.69) is 5.32 Å². The lowest BCUT2D eigenvalue weighted by atomic mass is 10.2. The van der Waals surface area contributed by atoms with Crippen LogP contribution in [0.25, 0.3) is 0 Å². The van der Waals surface area contributed by atoms with E-state index in [0.29, 0.717) is 30.3 Å². The average Bonchev–Trinajstić information content (AvgIpc) is 3.44. The van der Waals surface area contributed by atoms with Gasteiger partial charge in [-0.2, -0.15) is 4.31 Å². The zero-order chi connectivity index (χ0) is 21.1. The van der Waals surface area contributed by atoms with Crippen molar-refractivity contribution >= 4 is 27.6 Å². The van der Waals surface area contributed by atoms with E-state index in [-0.39, 0.29) is 17.3 Å². The van der Waals surface area contributed by atoms with Crippen LogP contribution >= 0.6 is 0 Å². The Labute approximate surface area is 173 Å². The number of rotatable bonds is 6. The summed E-state index contributed by atoms with van der Waals surface area (Å²) in [4.78, 5) is 24.4. The van der Waals surface area contributed by atoms with Crippen LogP contribution in [-0.2, 0) is 19.6 Å². The second-order valence-corrected chi connectivity index (χ2v) is 8.77. The molecule has 0 aliphatic carbocycles. The summed E-state index contributed by atoms with van der Waals surface area (Å²) < 4.78 is 42.2. The molecule has 2 aromatic rings. The number of carbonyl (C=O) groups excluding carboxylic acids is 2. The highest BCUT2D eigenvalue weighted by molar-refractivity contribution is 7.89. The van der Waals surface area contributed by atoms with Gasteiger partial charge in [-0.3, -0.25) is 4.79 Å². The molecule has 0 bridgehead atoms. The minimum atomic E-state index is -3.65. The number of hydrogen-bond donors (Lipinski definition) is 1. The molecule has 30 heavy (non-hydrogen) atoms. The standard InChI is InChI=1S/C20H20N2O7S/c23-19(21-15-6-7-17-18(11-15)29-13-28-17)12-27-20(24)14-4-3-5-16(10-14)30(25,26)22-8-1-2-9-22/h3-7,10-11H,1-2,8-9,12-13H2,(H,21,23). The maximum Gasteiger partial charge on any atom is 0.338 e. The van der Waals surface area contributed by atoms with Crippen molar-refractivity contribution in [2.45, 2.75) is 17.7 Å². The second kappa shape index (κ2) is 8.33. The predicted octanol–water partition coefficient (Wildman–Crippen LogP) is 2.00. The molecule has 10 heteroatoms. The largest absolute Gasteiger partial charge is 0.454 e. The van der Waals surface area contributed by atoms with Gasteiger partial charge in [0.1, 0.15) is 0 Å². The minimum Gasteiger partial charge on any atom is -0.454 e. The highest BCUT2D eigenvalue weighted by Gasteiger charge is 2.27. The first-order valence-electron chi connectivity index (χ1n) is 9.40. The first-order chi connectivity index (χ1) is 14.4. The number of hydrogen-bond acceptors (Lipinski definition) is 7. The second-order valence-electron chi connectivity index (χ2n) is 6.83. The number of nitrogens with zero attached hydrogens (tertiary/aromatic N) is 1. The molecule has 0 radical (unpaired) electrons. The molecule has 1 N–H and O–H groups in total. The van der Waals surface area contributed by atoms with Gasteiger partial charge in [-0.05, 0) is 43.2 Å². The monoisotopic (exact) mass is 432 g/mol. The Morgan fingerprint density at radius 2 is 1.80 bits per heavy atom. The first kappa shape index (κ1) is 20.2. The van der Waals surface area contributed by atoms with Crippen molar-refractivity contribution in [1.82, 2.24) is 4.31 Å². The van der Waals surface area contributed by atoms with E-state index in [0.717, 1.165) is 12.8 Å². The van der Waals surface area contributed by atoms with Gasteiger partial charge in [0.25, 0.3) is 5.91 Å². The van der Waals surface area contributed by atoms with Gasteiger partial charge in [0.05, 0.1) is 10.5 Å². The fourth-order valence-corrected chi connectivity index (χ4v) is 4.81. The van der Waals surface area contributed by atoms with Crippen molar-refractivity contribution in [3.63, 3.8) is 0 Å². The van der Waals surface area contributed by atoms with Gasteiger partial charge >= 0.3 is 5.97 Å². The quantitative estimate of drug-likeness (QED) is 0.695. The Balaban J connectivity index is 1.36. The van der Waals surface area contributed by atoms with Crippen LogP contribution in [-0.4, -0.2) is 51.1 Å². The van der Waals surface area contributed by atoms with Gasteiger partial charge in [0, 0.05) is 24.8 Å². The lowest BCUT2D eigenvalue weighted by Gasteiger charge is -2.15. The van der Waals surface area contributed by atoms with Gasteiger partial charge in [0.15, 0.2) is 18.1 Å². The molecule has 9 nitrogen and oxygen atoms in total. The van der Waals surface area contributed by atoms with Gasteiger partial charge < -0.3 is 19.5 Å². The fraction of sp³-hybridized carbons (Fsp3) is 0.300. The fourth-order valence-electron chi connectivity index (χ4n) is 3.25. The molecule has 1 amide bonds. The third-order valence-electron chi connectivity index (χ3n) is 4.76. The van der Waals surface area contributed by atoms with Crippen LogP contribution in [0.2, 0.25) is 0 Å². The normalized spacial score (nSPS) is 15.7. The summed E-state index contributed by atoms with van der Waals surface area (Å²) in [5.41, 5.74) is 0.533. The molecule has 0 spiro atoms. The van der Waals surface area contributed by atoms with Crippen molar-refractivity contribution in [3.8, 4) is 11.5 Å². The van der Waals surface area contributed by atoms with E-state index in [1.165, 1.54) is 28.6 Å². The molecule has 2 aliphatic rings. The van der Waals surface area contributed by atoms with Gasteiger partial charge in [-0.25, -0.2) is 13.2 Å². The smallest absolute Gasteiger partial charge is 0.338 e. The van der Waals surface area contributed by atoms with E-state index in [1.54, 1.807) is 18.2 Å². The zero-order valence-corrected chi connectivity index (χ0v) is 16.8. The van der Waals surface area contributed by atoms with Crippen LogP contribution in [0, 0.1) is 0 Å². The minimum absolute atomic E-state index is 0.0312. The van der Waals surface area contributed by atoms with E-state index in [4.69, 9.17) is 14.2 Å². The summed E-state index contributed by atoms with van der Waals surface area (Å²) in [5.74, 6) is -0.221. The molecule has 0 atom stereocenters. The SMILES string of the molecule is O=C(COC(=O)c1cccc(S(=O)(=O)N2CCCC2)c1)Nc1ccc2c(c1)OCO2. The molecule has 1 fully saturated rings. The molecular weight excluding hydrogens is 412 g/mol. The number of benzene rings is 2. The topological polar surface area (TPSA) is 111 Å². The Morgan fingerprint density at radius 3 is 2.60 bits per heavy atom. The average molecular weight is 432 g/mol. The van der Waals surface area contributed by atoms with Gasteiger partial charge in [-0.1, -0.05) is 6.07 Å². The van der Waals surface area contributed by atoms with E-state index in [9.17, 15) is 18.0 Å². The van der Waals surface area contributed by atoms with Crippen LogP contribution in [0.1, 0.15) is 23.2 Å². The highest BCUT2D eigenvalue weighted by Crippen LogP contribution is 2.34. The lowest BCUT2D eigenvalue weighted by molar-refractivity contribution is -0.119. The Hall–Kier alpha value is -3.11. The zero-order valence-electron chi connectivity index (χ0n) is 16.0. The summed E-state index contributed by atoms with van der Waals surface area (Å²) in [6.07, 6.45) is 1.64. The van der Waals surface area contributed by atoms with E-state index in [1.807, 2.05) is 0 Å².